The second kappa shape index (κ2) is 9.63. The molecule has 0 aliphatic rings. The van der Waals surface area contributed by atoms with Crippen LogP contribution >= 0.6 is 11.6 Å². The second-order valence-electron chi connectivity index (χ2n) is 5.54. The van der Waals surface area contributed by atoms with E-state index in [1.54, 1.807) is 19.3 Å². The highest BCUT2D eigenvalue weighted by molar-refractivity contribution is 6.31. The van der Waals surface area contributed by atoms with E-state index in [9.17, 15) is 9.59 Å². The monoisotopic (exact) mass is 373 g/mol. The molecule has 1 amide bonds. The minimum absolute atomic E-state index is 0.290. The summed E-state index contributed by atoms with van der Waals surface area (Å²) in [5.74, 6) is -0.310. The fourth-order valence-corrected chi connectivity index (χ4v) is 2.34. The van der Waals surface area contributed by atoms with E-state index in [2.05, 4.69) is 5.32 Å². The Labute approximate surface area is 157 Å². The molecule has 0 bridgehead atoms. The molecular formula is C20H20ClNO4. The highest BCUT2D eigenvalue weighted by atomic mass is 35.5. The van der Waals surface area contributed by atoms with Crippen LogP contribution in [0.5, 0.6) is 5.75 Å². The smallest absolute Gasteiger partial charge is 0.331 e. The summed E-state index contributed by atoms with van der Waals surface area (Å²) < 4.78 is 10.1. The number of esters is 1. The number of hydrogen-bond donors (Lipinski definition) is 1. The molecule has 0 saturated heterocycles. The number of amides is 1. The number of benzene rings is 2. The van der Waals surface area contributed by atoms with Gasteiger partial charge < -0.3 is 14.8 Å². The largest absolute Gasteiger partial charge is 0.496 e. The molecule has 2 rings (SSSR count). The minimum Gasteiger partial charge on any atom is -0.496 e. The van der Waals surface area contributed by atoms with E-state index < -0.39 is 11.9 Å². The van der Waals surface area contributed by atoms with Gasteiger partial charge in [0.25, 0.3) is 5.91 Å². The molecule has 0 unspecified atom stereocenters. The summed E-state index contributed by atoms with van der Waals surface area (Å²) in [6, 6.07) is 12.8. The quantitative estimate of drug-likeness (QED) is 0.595. The normalized spacial score (nSPS) is 10.6. The van der Waals surface area contributed by atoms with Crippen LogP contribution in [-0.2, 0) is 20.9 Å². The number of para-hydroxylation sites is 1. The Morgan fingerprint density at radius 2 is 1.96 bits per heavy atom. The molecule has 0 aliphatic heterocycles. The van der Waals surface area contributed by atoms with Crippen LogP contribution in [0.2, 0.25) is 5.02 Å². The first-order chi connectivity index (χ1) is 12.5. The van der Waals surface area contributed by atoms with Gasteiger partial charge in [0.15, 0.2) is 6.61 Å². The maximum absolute atomic E-state index is 11.8. The van der Waals surface area contributed by atoms with Crippen LogP contribution in [0.15, 0.2) is 48.5 Å². The van der Waals surface area contributed by atoms with E-state index in [1.807, 2.05) is 43.3 Å². The first-order valence-electron chi connectivity index (χ1n) is 7.99. The predicted octanol–water partition coefficient (Wildman–Crippen LogP) is 3.53. The second-order valence-corrected chi connectivity index (χ2v) is 5.95. The number of halogens is 1. The lowest BCUT2D eigenvalue weighted by Crippen LogP contribution is -2.28. The Bertz CT molecular complexity index is 817. The summed E-state index contributed by atoms with van der Waals surface area (Å²) in [4.78, 5) is 23.5. The zero-order valence-corrected chi connectivity index (χ0v) is 15.4. The number of aryl methyl sites for hydroxylation is 1. The molecule has 1 N–H and O–H groups in total. The lowest BCUT2D eigenvalue weighted by molar-refractivity contribution is -0.143. The molecule has 0 atom stereocenters. The molecule has 0 spiro atoms. The number of nitrogens with one attached hydrogen (secondary N) is 1. The van der Waals surface area contributed by atoms with Crippen molar-refractivity contribution in [1.82, 2.24) is 5.32 Å². The Kier molecular flexibility index (Phi) is 7.24. The van der Waals surface area contributed by atoms with Crippen molar-refractivity contribution >= 4 is 29.6 Å². The van der Waals surface area contributed by atoms with Crippen LogP contribution in [0.3, 0.4) is 0 Å². The summed E-state index contributed by atoms with van der Waals surface area (Å²) in [6.07, 6.45) is 2.84. The average molecular weight is 374 g/mol. The fourth-order valence-electron chi connectivity index (χ4n) is 2.16. The van der Waals surface area contributed by atoms with Crippen LogP contribution in [0.25, 0.3) is 6.08 Å². The zero-order valence-electron chi connectivity index (χ0n) is 14.6. The van der Waals surface area contributed by atoms with Gasteiger partial charge in [-0.2, -0.15) is 0 Å². The highest BCUT2D eigenvalue weighted by Gasteiger charge is 2.07. The predicted molar refractivity (Wildman–Crippen MR) is 101 cm³/mol. The molecule has 26 heavy (non-hydrogen) atoms. The first-order valence-corrected chi connectivity index (χ1v) is 8.37. The Hall–Kier alpha value is -2.79. The highest BCUT2D eigenvalue weighted by Crippen LogP contribution is 2.18. The first kappa shape index (κ1) is 19.5. The number of ether oxygens (including phenoxy) is 2. The maximum atomic E-state index is 11.8. The van der Waals surface area contributed by atoms with Crippen molar-refractivity contribution < 1.29 is 19.1 Å². The average Bonchev–Trinajstić information content (AvgIpc) is 2.65. The SMILES string of the molecule is COc1ccccc1CNC(=O)COC(=O)/C=C/c1ccc(C)c(Cl)c1. The lowest BCUT2D eigenvalue weighted by Gasteiger charge is -2.09. The van der Waals surface area contributed by atoms with Crippen molar-refractivity contribution in [1.29, 1.82) is 0 Å². The van der Waals surface area contributed by atoms with E-state index in [4.69, 9.17) is 21.1 Å². The molecule has 0 aromatic heterocycles. The Balaban J connectivity index is 1.78. The number of carbonyl (C=O) groups excluding carboxylic acids is 2. The van der Waals surface area contributed by atoms with Crippen molar-refractivity contribution in [3.63, 3.8) is 0 Å². The van der Waals surface area contributed by atoms with E-state index in [0.717, 1.165) is 16.7 Å². The van der Waals surface area contributed by atoms with Gasteiger partial charge in [-0.3, -0.25) is 4.79 Å². The molecule has 5 nitrogen and oxygen atoms in total. The van der Waals surface area contributed by atoms with Gasteiger partial charge in [0.1, 0.15) is 5.75 Å². The van der Waals surface area contributed by atoms with Crippen molar-refractivity contribution in [2.24, 2.45) is 0 Å². The van der Waals surface area contributed by atoms with Gasteiger partial charge in [0.2, 0.25) is 0 Å². The maximum Gasteiger partial charge on any atom is 0.331 e. The Morgan fingerprint density at radius 1 is 1.19 bits per heavy atom. The topological polar surface area (TPSA) is 64.6 Å². The molecule has 0 aliphatic carbocycles. The van der Waals surface area contributed by atoms with E-state index in [1.165, 1.54) is 6.08 Å². The zero-order chi connectivity index (χ0) is 18.9. The van der Waals surface area contributed by atoms with Crippen LogP contribution in [0, 0.1) is 6.92 Å². The lowest BCUT2D eigenvalue weighted by atomic mass is 10.1. The summed E-state index contributed by atoms with van der Waals surface area (Å²) in [5, 5.41) is 3.30. The number of carbonyl (C=O) groups is 2. The summed E-state index contributed by atoms with van der Waals surface area (Å²) in [6.45, 7) is 1.83. The third kappa shape index (κ3) is 5.93. The van der Waals surface area contributed by atoms with Crippen LogP contribution < -0.4 is 10.1 Å². The van der Waals surface area contributed by atoms with Gasteiger partial charge in [-0.15, -0.1) is 0 Å². The van der Waals surface area contributed by atoms with Crippen LogP contribution in [0.1, 0.15) is 16.7 Å². The minimum atomic E-state index is -0.603. The molecule has 6 heteroatoms. The van der Waals surface area contributed by atoms with Gasteiger partial charge in [-0.05, 0) is 36.3 Å². The number of hydrogen-bond acceptors (Lipinski definition) is 4. The third-order valence-corrected chi connectivity index (χ3v) is 4.03. The molecule has 0 radical (unpaired) electrons. The molecule has 2 aromatic rings. The summed E-state index contributed by atoms with van der Waals surface area (Å²) in [7, 11) is 1.57. The van der Waals surface area contributed by atoms with Gasteiger partial charge >= 0.3 is 5.97 Å². The van der Waals surface area contributed by atoms with Gasteiger partial charge in [0, 0.05) is 23.2 Å². The van der Waals surface area contributed by atoms with E-state index in [-0.39, 0.29) is 13.2 Å². The fraction of sp³-hybridized carbons (Fsp3) is 0.200. The van der Waals surface area contributed by atoms with Crippen molar-refractivity contribution in [2.75, 3.05) is 13.7 Å². The van der Waals surface area contributed by atoms with Gasteiger partial charge in [0.05, 0.1) is 7.11 Å². The molecule has 2 aromatic carbocycles. The number of methoxy groups -OCH3 is 1. The van der Waals surface area contributed by atoms with Crippen molar-refractivity contribution in [2.45, 2.75) is 13.5 Å². The standard InChI is InChI=1S/C20H20ClNO4/c1-14-7-8-15(11-17(14)21)9-10-20(24)26-13-19(23)22-12-16-5-3-4-6-18(16)25-2/h3-11H,12-13H2,1-2H3,(H,22,23)/b10-9+. The molecule has 0 heterocycles. The van der Waals surface area contributed by atoms with Crippen molar-refractivity contribution in [3.05, 3.63) is 70.3 Å². The van der Waals surface area contributed by atoms with Gasteiger partial charge in [-0.1, -0.05) is 41.9 Å². The van der Waals surface area contributed by atoms with E-state index in [0.29, 0.717) is 10.8 Å². The molecule has 136 valence electrons. The summed E-state index contributed by atoms with van der Waals surface area (Å²) in [5.41, 5.74) is 2.57. The van der Waals surface area contributed by atoms with E-state index >= 15 is 0 Å². The Morgan fingerprint density at radius 3 is 2.69 bits per heavy atom. The molecule has 0 fully saturated rings. The van der Waals surface area contributed by atoms with Crippen LogP contribution in [-0.4, -0.2) is 25.6 Å². The van der Waals surface area contributed by atoms with Gasteiger partial charge in [-0.25, -0.2) is 4.79 Å². The summed E-state index contributed by atoms with van der Waals surface area (Å²) >= 11 is 6.03. The molecule has 0 saturated carbocycles. The van der Waals surface area contributed by atoms with Crippen LogP contribution in [0.4, 0.5) is 0 Å². The van der Waals surface area contributed by atoms with Crippen molar-refractivity contribution in [3.8, 4) is 5.75 Å². The third-order valence-electron chi connectivity index (χ3n) is 3.62. The number of rotatable bonds is 7. The molecular weight excluding hydrogens is 354 g/mol.